The van der Waals surface area contributed by atoms with Gasteiger partial charge in [0.05, 0.1) is 22.9 Å². The third-order valence-electron chi connectivity index (χ3n) is 5.06. The summed E-state index contributed by atoms with van der Waals surface area (Å²) in [6.45, 7) is 1.31. The molecule has 0 aliphatic carbocycles. The van der Waals surface area contributed by atoms with Crippen LogP contribution in [0.25, 0.3) is 16.3 Å². The highest BCUT2D eigenvalue weighted by molar-refractivity contribution is 7.22. The van der Waals surface area contributed by atoms with E-state index in [1.165, 1.54) is 29.5 Å². The number of nitrogens with zero attached hydrogens (tertiary/aromatic N) is 2. The molecule has 0 radical (unpaired) electrons. The molecule has 2 aliphatic heterocycles. The molecular formula is C22H19FN2O4S. The van der Waals surface area contributed by atoms with Crippen molar-refractivity contribution in [2.24, 2.45) is 0 Å². The number of rotatable bonds is 5. The summed E-state index contributed by atoms with van der Waals surface area (Å²) < 4.78 is 30.7. The Bertz CT molecular complexity index is 1120. The van der Waals surface area contributed by atoms with Crippen molar-refractivity contribution in [1.82, 2.24) is 4.98 Å². The molecule has 0 N–H and O–H groups in total. The number of hydrogen-bond donors (Lipinski definition) is 0. The Morgan fingerprint density at radius 3 is 3.00 bits per heavy atom. The van der Waals surface area contributed by atoms with Crippen LogP contribution in [-0.4, -0.2) is 36.9 Å². The zero-order chi connectivity index (χ0) is 20.5. The van der Waals surface area contributed by atoms with Gasteiger partial charge in [-0.3, -0.25) is 9.69 Å². The van der Waals surface area contributed by atoms with Gasteiger partial charge < -0.3 is 14.2 Å². The first-order chi connectivity index (χ1) is 14.7. The van der Waals surface area contributed by atoms with Crippen molar-refractivity contribution in [1.29, 1.82) is 0 Å². The Morgan fingerprint density at radius 1 is 1.23 bits per heavy atom. The molecule has 2 aromatic carbocycles. The summed E-state index contributed by atoms with van der Waals surface area (Å²) in [7, 11) is 0. The summed E-state index contributed by atoms with van der Waals surface area (Å²) in [5, 5.41) is 0.534. The minimum Gasteiger partial charge on any atom is -0.454 e. The van der Waals surface area contributed by atoms with Gasteiger partial charge in [-0.2, -0.15) is 0 Å². The normalized spacial score (nSPS) is 17.8. The lowest BCUT2D eigenvalue weighted by molar-refractivity contribution is -0.114. The van der Waals surface area contributed by atoms with Gasteiger partial charge in [0.1, 0.15) is 5.82 Å². The maximum absolute atomic E-state index is 13.6. The molecule has 0 bridgehead atoms. The van der Waals surface area contributed by atoms with E-state index in [1.807, 2.05) is 18.2 Å². The molecule has 0 saturated carbocycles. The minimum absolute atomic E-state index is 0.0309. The Balaban J connectivity index is 1.42. The van der Waals surface area contributed by atoms with E-state index in [-0.39, 0.29) is 24.6 Å². The number of anilines is 1. The van der Waals surface area contributed by atoms with Gasteiger partial charge in [0.15, 0.2) is 16.6 Å². The summed E-state index contributed by atoms with van der Waals surface area (Å²) in [6.07, 6.45) is 5.09. The Hall–Kier alpha value is -2.97. The van der Waals surface area contributed by atoms with Crippen molar-refractivity contribution in [3.8, 4) is 11.5 Å². The van der Waals surface area contributed by atoms with Crippen LogP contribution in [0.4, 0.5) is 9.52 Å². The molecule has 3 heterocycles. The maximum Gasteiger partial charge on any atom is 0.252 e. The standard InChI is InChI=1S/C22H19FN2O4S/c23-15-5-6-17-20(11-15)30-22(24-17)25(12-16-2-1-9-27-16)21(26)8-4-14-3-7-18-19(10-14)29-13-28-18/h3-8,10-11,16H,1-2,9,12-13H2/b8-4+. The molecule has 2 aliphatic rings. The smallest absolute Gasteiger partial charge is 0.252 e. The monoisotopic (exact) mass is 426 g/mol. The molecule has 8 heteroatoms. The lowest BCUT2D eigenvalue weighted by atomic mass is 10.2. The summed E-state index contributed by atoms with van der Waals surface area (Å²) >= 11 is 1.30. The van der Waals surface area contributed by atoms with Crippen LogP contribution in [0, 0.1) is 5.82 Å². The van der Waals surface area contributed by atoms with E-state index < -0.39 is 0 Å². The number of hydrogen-bond acceptors (Lipinski definition) is 6. The van der Waals surface area contributed by atoms with Crippen LogP contribution in [0.1, 0.15) is 18.4 Å². The summed E-state index contributed by atoms with van der Waals surface area (Å²) in [6, 6.07) is 9.95. The lowest BCUT2D eigenvalue weighted by Crippen LogP contribution is -2.36. The largest absolute Gasteiger partial charge is 0.454 e. The molecule has 6 nitrogen and oxygen atoms in total. The molecular weight excluding hydrogens is 407 g/mol. The van der Waals surface area contributed by atoms with Crippen LogP contribution in [0.3, 0.4) is 0 Å². The highest BCUT2D eigenvalue weighted by Gasteiger charge is 2.25. The molecule has 1 amide bonds. The van der Waals surface area contributed by atoms with Crippen molar-refractivity contribution in [3.63, 3.8) is 0 Å². The van der Waals surface area contributed by atoms with Gasteiger partial charge in [0.25, 0.3) is 5.91 Å². The van der Waals surface area contributed by atoms with Gasteiger partial charge in [0, 0.05) is 12.7 Å². The maximum atomic E-state index is 13.6. The summed E-state index contributed by atoms with van der Waals surface area (Å²) in [5.74, 6) is 0.828. The number of halogens is 1. The van der Waals surface area contributed by atoms with Crippen LogP contribution >= 0.6 is 11.3 Å². The number of thiazole rings is 1. The third kappa shape index (κ3) is 3.88. The van der Waals surface area contributed by atoms with E-state index >= 15 is 0 Å². The molecule has 154 valence electrons. The number of fused-ring (bicyclic) bond motifs is 2. The van der Waals surface area contributed by atoms with E-state index in [0.717, 1.165) is 18.4 Å². The zero-order valence-electron chi connectivity index (χ0n) is 16.0. The molecule has 5 rings (SSSR count). The number of aromatic nitrogens is 1. The topological polar surface area (TPSA) is 60.9 Å². The van der Waals surface area contributed by atoms with Gasteiger partial charge in [0.2, 0.25) is 6.79 Å². The first-order valence-electron chi connectivity index (χ1n) is 9.73. The van der Waals surface area contributed by atoms with Gasteiger partial charge >= 0.3 is 0 Å². The van der Waals surface area contributed by atoms with E-state index in [1.54, 1.807) is 17.0 Å². The third-order valence-corrected chi connectivity index (χ3v) is 6.10. The van der Waals surface area contributed by atoms with Gasteiger partial charge in [-0.1, -0.05) is 17.4 Å². The second-order valence-corrected chi connectivity index (χ2v) is 8.15. The predicted octanol–water partition coefficient (Wildman–Crippen LogP) is 4.39. The fourth-order valence-electron chi connectivity index (χ4n) is 3.53. The van der Waals surface area contributed by atoms with Gasteiger partial charge in [-0.25, -0.2) is 9.37 Å². The first-order valence-corrected chi connectivity index (χ1v) is 10.5. The number of benzene rings is 2. The quantitative estimate of drug-likeness (QED) is 0.567. The fourth-order valence-corrected chi connectivity index (χ4v) is 4.54. The molecule has 30 heavy (non-hydrogen) atoms. The number of amides is 1. The van der Waals surface area contributed by atoms with Crippen molar-refractivity contribution in [2.75, 3.05) is 24.8 Å². The molecule has 1 atom stereocenters. The molecule has 0 spiro atoms. The summed E-state index contributed by atoms with van der Waals surface area (Å²) in [5.41, 5.74) is 1.50. The van der Waals surface area contributed by atoms with E-state index in [2.05, 4.69) is 4.98 Å². The van der Waals surface area contributed by atoms with Gasteiger partial charge in [-0.05, 0) is 54.8 Å². The molecule has 1 unspecified atom stereocenters. The zero-order valence-corrected chi connectivity index (χ0v) is 16.9. The van der Waals surface area contributed by atoms with E-state index in [4.69, 9.17) is 14.2 Å². The fraction of sp³-hybridized carbons (Fsp3) is 0.273. The van der Waals surface area contributed by atoms with Crippen LogP contribution < -0.4 is 14.4 Å². The number of carbonyl (C=O) groups excluding carboxylic acids is 1. The number of carbonyl (C=O) groups is 1. The molecule has 1 aromatic heterocycles. The minimum atomic E-state index is -0.322. The highest BCUT2D eigenvalue weighted by atomic mass is 32.1. The van der Waals surface area contributed by atoms with Crippen molar-refractivity contribution in [3.05, 3.63) is 53.9 Å². The van der Waals surface area contributed by atoms with Crippen LogP contribution in [0.2, 0.25) is 0 Å². The summed E-state index contributed by atoms with van der Waals surface area (Å²) in [4.78, 5) is 19.3. The Kier molecular flexibility index (Phi) is 5.10. The second-order valence-electron chi connectivity index (χ2n) is 7.14. The van der Waals surface area contributed by atoms with Gasteiger partial charge in [-0.15, -0.1) is 0 Å². The number of ether oxygens (including phenoxy) is 3. The SMILES string of the molecule is O=C(/C=C/c1ccc2c(c1)OCO2)N(CC1CCCO1)c1nc2ccc(F)cc2s1. The van der Waals surface area contributed by atoms with Crippen LogP contribution in [-0.2, 0) is 9.53 Å². The average Bonchev–Trinajstić information content (AvgIpc) is 3.49. The van der Waals surface area contributed by atoms with Crippen molar-refractivity contribution in [2.45, 2.75) is 18.9 Å². The van der Waals surface area contributed by atoms with E-state index in [0.29, 0.717) is 40.0 Å². The van der Waals surface area contributed by atoms with E-state index in [9.17, 15) is 9.18 Å². The van der Waals surface area contributed by atoms with Crippen LogP contribution in [0.5, 0.6) is 11.5 Å². The van der Waals surface area contributed by atoms with Crippen molar-refractivity contribution >= 4 is 38.7 Å². The lowest BCUT2D eigenvalue weighted by Gasteiger charge is -2.21. The molecule has 3 aromatic rings. The Labute approximate surface area is 176 Å². The van der Waals surface area contributed by atoms with Crippen LogP contribution in [0.15, 0.2) is 42.5 Å². The predicted molar refractivity (Wildman–Crippen MR) is 113 cm³/mol. The second kappa shape index (κ2) is 8.04. The average molecular weight is 426 g/mol. The Morgan fingerprint density at radius 2 is 2.13 bits per heavy atom. The molecule has 1 fully saturated rings. The first kappa shape index (κ1) is 19.0. The highest BCUT2D eigenvalue weighted by Crippen LogP contribution is 2.33. The molecule has 1 saturated heterocycles. The van der Waals surface area contributed by atoms with Crippen molar-refractivity contribution < 1.29 is 23.4 Å².